The van der Waals surface area contributed by atoms with Gasteiger partial charge in [-0.25, -0.2) is 4.39 Å². The Bertz CT molecular complexity index is 596. The van der Waals surface area contributed by atoms with Crippen LogP contribution in [0.1, 0.15) is 31.0 Å². The standard InChI is InChI=1S/C13H12BrClFN/c1-6(2)12-7(3)17-11-5-10(16)9(14)4-8(11)13(12)15/h4-6H,1-3H3. The van der Waals surface area contributed by atoms with Crippen LogP contribution in [0.15, 0.2) is 16.6 Å². The fourth-order valence-corrected chi connectivity index (χ4v) is 2.87. The Morgan fingerprint density at radius 2 is 2.00 bits per heavy atom. The molecule has 1 heterocycles. The number of pyridine rings is 1. The van der Waals surface area contributed by atoms with Crippen molar-refractivity contribution in [2.24, 2.45) is 0 Å². The summed E-state index contributed by atoms with van der Waals surface area (Å²) in [5.74, 6) is -0.0269. The lowest BCUT2D eigenvalue weighted by molar-refractivity contribution is 0.622. The van der Waals surface area contributed by atoms with E-state index in [1.54, 1.807) is 6.07 Å². The van der Waals surface area contributed by atoms with Gasteiger partial charge in [0, 0.05) is 17.1 Å². The van der Waals surface area contributed by atoms with Gasteiger partial charge in [-0.15, -0.1) is 0 Å². The number of rotatable bonds is 1. The first-order chi connectivity index (χ1) is 7.91. The first-order valence-electron chi connectivity index (χ1n) is 5.36. The molecule has 1 aromatic carbocycles. The quantitative estimate of drug-likeness (QED) is 0.702. The summed E-state index contributed by atoms with van der Waals surface area (Å²) in [6, 6.07) is 3.09. The second-order valence-electron chi connectivity index (χ2n) is 4.36. The average molecular weight is 317 g/mol. The van der Waals surface area contributed by atoms with Gasteiger partial charge >= 0.3 is 0 Å². The number of halogens is 3. The van der Waals surface area contributed by atoms with Crippen molar-refractivity contribution in [3.8, 4) is 0 Å². The molecule has 0 aliphatic rings. The van der Waals surface area contributed by atoms with Gasteiger partial charge in [-0.2, -0.15) is 0 Å². The van der Waals surface area contributed by atoms with Crippen LogP contribution in [0.4, 0.5) is 4.39 Å². The topological polar surface area (TPSA) is 12.9 Å². The molecule has 2 rings (SSSR count). The number of hydrogen-bond acceptors (Lipinski definition) is 1. The van der Waals surface area contributed by atoms with E-state index >= 15 is 0 Å². The normalized spacial score (nSPS) is 11.5. The highest BCUT2D eigenvalue weighted by atomic mass is 79.9. The summed E-state index contributed by atoms with van der Waals surface area (Å²) in [6.45, 7) is 6.04. The van der Waals surface area contributed by atoms with Crippen molar-refractivity contribution in [3.63, 3.8) is 0 Å². The van der Waals surface area contributed by atoms with E-state index in [4.69, 9.17) is 11.6 Å². The summed E-state index contributed by atoms with van der Waals surface area (Å²) < 4.78 is 13.9. The molecule has 1 aromatic heterocycles. The Morgan fingerprint density at radius 3 is 2.59 bits per heavy atom. The van der Waals surface area contributed by atoms with Crippen LogP contribution in [-0.4, -0.2) is 4.98 Å². The van der Waals surface area contributed by atoms with Crippen LogP contribution in [-0.2, 0) is 0 Å². The van der Waals surface area contributed by atoms with Gasteiger partial charge in [-0.1, -0.05) is 25.4 Å². The number of aromatic nitrogens is 1. The van der Waals surface area contributed by atoms with E-state index in [0.717, 1.165) is 16.6 Å². The molecule has 0 aliphatic carbocycles. The first-order valence-corrected chi connectivity index (χ1v) is 6.53. The number of benzene rings is 1. The molecule has 0 fully saturated rings. The molecule has 1 nitrogen and oxygen atoms in total. The SMILES string of the molecule is Cc1nc2cc(F)c(Br)cc2c(Cl)c1C(C)C. The summed E-state index contributed by atoms with van der Waals surface area (Å²) in [5, 5.41) is 1.46. The summed E-state index contributed by atoms with van der Waals surface area (Å²) >= 11 is 9.55. The summed E-state index contributed by atoms with van der Waals surface area (Å²) in [7, 11) is 0. The van der Waals surface area contributed by atoms with E-state index in [9.17, 15) is 4.39 Å². The molecule has 0 amide bonds. The lowest BCUT2D eigenvalue weighted by Gasteiger charge is -2.14. The zero-order valence-electron chi connectivity index (χ0n) is 9.81. The molecule has 0 saturated carbocycles. The van der Waals surface area contributed by atoms with E-state index in [0.29, 0.717) is 20.9 Å². The van der Waals surface area contributed by atoms with Crippen LogP contribution < -0.4 is 0 Å². The Kier molecular flexibility index (Phi) is 3.41. The van der Waals surface area contributed by atoms with Crippen LogP contribution in [0.5, 0.6) is 0 Å². The van der Waals surface area contributed by atoms with E-state index < -0.39 is 0 Å². The van der Waals surface area contributed by atoms with Crippen LogP contribution in [0.2, 0.25) is 5.02 Å². The highest BCUT2D eigenvalue weighted by molar-refractivity contribution is 9.10. The molecular formula is C13H12BrClFN. The largest absolute Gasteiger partial charge is 0.253 e. The van der Waals surface area contributed by atoms with Crippen molar-refractivity contribution in [3.05, 3.63) is 38.7 Å². The minimum atomic E-state index is -0.322. The zero-order valence-corrected chi connectivity index (χ0v) is 12.2. The van der Waals surface area contributed by atoms with Crippen LogP contribution in [0.3, 0.4) is 0 Å². The Labute approximate surface area is 113 Å². The van der Waals surface area contributed by atoms with Gasteiger partial charge in [0.2, 0.25) is 0 Å². The van der Waals surface area contributed by atoms with Crippen LogP contribution >= 0.6 is 27.5 Å². The van der Waals surface area contributed by atoms with Gasteiger partial charge in [0.05, 0.1) is 15.0 Å². The van der Waals surface area contributed by atoms with Crippen LogP contribution in [0.25, 0.3) is 10.9 Å². The summed E-state index contributed by atoms with van der Waals surface area (Å²) in [4.78, 5) is 4.41. The van der Waals surface area contributed by atoms with Crippen molar-refractivity contribution in [2.75, 3.05) is 0 Å². The molecule has 0 spiro atoms. The second-order valence-corrected chi connectivity index (χ2v) is 5.60. The molecule has 0 unspecified atom stereocenters. The number of hydrogen-bond donors (Lipinski definition) is 0. The van der Waals surface area contributed by atoms with Gasteiger partial charge < -0.3 is 0 Å². The third-order valence-corrected chi connectivity index (χ3v) is 3.78. The van der Waals surface area contributed by atoms with Gasteiger partial charge in [0.15, 0.2) is 0 Å². The molecule has 4 heteroatoms. The number of fused-ring (bicyclic) bond motifs is 1. The molecule has 0 aliphatic heterocycles. The van der Waals surface area contributed by atoms with Crippen molar-refractivity contribution in [2.45, 2.75) is 26.7 Å². The average Bonchev–Trinajstić information content (AvgIpc) is 2.21. The maximum absolute atomic E-state index is 13.4. The van der Waals surface area contributed by atoms with E-state index in [1.807, 2.05) is 6.92 Å². The predicted octanol–water partition coefficient (Wildman–Crippen LogP) is 5.22. The number of nitrogens with zero attached hydrogens (tertiary/aromatic N) is 1. The minimum Gasteiger partial charge on any atom is -0.253 e. The third-order valence-electron chi connectivity index (χ3n) is 2.77. The first kappa shape index (κ1) is 12.8. The monoisotopic (exact) mass is 315 g/mol. The van der Waals surface area contributed by atoms with Gasteiger partial charge in [0.25, 0.3) is 0 Å². The van der Waals surface area contributed by atoms with Gasteiger partial charge in [-0.05, 0) is 40.4 Å². The molecule has 0 bridgehead atoms. The summed E-state index contributed by atoms with van der Waals surface area (Å²) in [6.07, 6.45) is 0. The fraction of sp³-hybridized carbons (Fsp3) is 0.308. The van der Waals surface area contributed by atoms with Gasteiger partial charge in [-0.3, -0.25) is 4.98 Å². The van der Waals surface area contributed by atoms with Crippen molar-refractivity contribution in [1.29, 1.82) is 0 Å². The van der Waals surface area contributed by atoms with Crippen molar-refractivity contribution in [1.82, 2.24) is 4.98 Å². The van der Waals surface area contributed by atoms with Crippen molar-refractivity contribution < 1.29 is 4.39 Å². The molecule has 0 saturated heterocycles. The van der Waals surface area contributed by atoms with E-state index in [1.165, 1.54) is 6.07 Å². The molecule has 0 N–H and O–H groups in total. The maximum Gasteiger partial charge on any atom is 0.139 e. The minimum absolute atomic E-state index is 0.295. The molecule has 17 heavy (non-hydrogen) atoms. The Hall–Kier alpha value is -0.670. The Balaban J connectivity index is 2.87. The third kappa shape index (κ3) is 2.18. The lowest BCUT2D eigenvalue weighted by atomic mass is 9.99. The lowest BCUT2D eigenvalue weighted by Crippen LogP contribution is -1.98. The second kappa shape index (κ2) is 4.54. The summed E-state index contributed by atoms with van der Waals surface area (Å²) in [5.41, 5.74) is 2.48. The number of aryl methyl sites for hydroxylation is 1. The fourth-order valence-electron chi connectivity index (χ4n) is 2.02. The predicted molar refractivity (Wildman–Crippen MR) is 73.2 cm³/mol. The van der Waals surface area contributed by atoms with Crippen molar-refractivity contribution >= 4 is 38.4 Å². The Morgan fingerprint density at radius 1 is 1.35 bits per heavy atom. The zero-order chi connectivity index (χ0) is 12.7. The molecule has 2 aromatic rings. The van der Waals surface area contributed by atoms with E-state index in [2.05, 4.69) is 34.8 Å². The highest BCUT2D eigenvalue weighted by Gasteiger charge is 2.15. The van der Waals surface area contributed by atoms with Gasteiger partial charge in [0.1, 0.15) is 5.82 Å². The molecule has 90 valence electrons. The van der Waals surface area contributed by atoms with E-state index in [-0.39, 0.29) is 5.82 Å². The van der Waals surface area contributed by atoms with Crippen LogP contribution in [0, 0.1) is 12.7 Å². The maximum atomic E-state index is 13.4. The molecule has 0 radical (unpaired) electrons. The molecular weight excluding hydrogens is 305 g/mol. The smallest absolute Gasteiger partial charge is 0.139 e. The molecule has 0 atom stereocenters. The highest BCUT2D eigenvalue weighted by Crippen LogP contribution is 2.34.